The summed E-state index contributed by atoms with van der Waals surface area (Å²) < 4.78 is 0. The Hall–Kier alpha value is -0.790. The molecule has 3 fully saturated rings. The van der Waals surface area contributed by atoms with Crippen molar-refractivity contribution in [1.29, 1.82) is 0 Å². The standard InChI is InChI=1S/C17H26O2/c18-16(13-8-3-4-9-13)15-11-5-10-14(17(15)19)12-6-1-2-7-12/h12-14,18H,1-11H2. The number of rotatable bonds is 2. The van der Waals surface area contributed by atoms with E-state index in [9.17, 15) is 9.90 Å². The Balaban J connectivity index is 1.77. The third-order valence-electron chi connectivity index (χ3n) is 5.60. The lowest BCUT2D eigenvalue weighted by Gasteiger charge is -2.29. The van der Waals surface area contributed by atoms with E-state index in [1.54, 1.807) is 0 Å². The molecule has 1 atom stereocenters. The molecule has 0 amide bonds. The van der Waals surface area contributed by atoms with Crippen molar-refractivity contribution in [2.75, 3.05) is 0 Å². The second kappa shape index (κ2) is 5.68. The fourth-order valence-electron chi connectivity index (χ4n) is 4.49. The van der Waals surface area contributed by atoms with Crippen LogP contribution >= 0.6 is 0 Å². The Morgan fingerprint density at radius 2 is 1.53 bits per heavy atom. The van der Waals surface area contributed by atoms with Crippen LogP contribution in [0.3, 0.4) is 0 Å². The van der Waals surface area contributed by atoms with Crippen molar-refractivity contribution in [1.82, 2.24) is 0 Å². The van der Waals surface area contributed by atoms with Crippen molar-refractivity contribution in [2.45, 2.75) is 70.6 Å². The van der Waals surface area contributed by atoms with E-state index < -0.39 is 0 Å². The van der Waals surface area contributed by atoms with E-state index in [0.717, 1.165) is 37.7 Å². The highest BCUT2D eigenvalue weighted by molar-refractivity contribution is 5.98. The zero-order valence-corrected chi connectivity index (χ0v) is 11.9. The number of aliphatic hydroxyl groups is 1. The number of carbonyl (C=O) groups is 1. The Labute approximate surface area is 116 Å². The molecular formula is C17H26O2. The molecule has 3 saturated carbocycles. The Morgan fingerprint density at radius 1 is 0.895 bits per heavy atom. The van der Waals surface area contributed by atoms with Gasteiger partial charge in [0.1, 0.15) is 5.76 Å². The fraction of sp³-hybridized carbons (Fsp3) is 0.824. The SMILES string of the molecule is O=C1C(=C(O)C2CCCC2)CCCC1C1CCCC1. The number of Topliss-reactive ketones (excluding diaryl/α,β-unsaturated/α-hetero) is 1. The summed E-state index contributed by atoms with van der Waals surface area (Å²) in [6.07, 6.45) is 12.6. The van der Waals surface area contributed by atoms with E-state index in [0.29, 0.717) is 23.4 Å². The molecule has 1 N–H and O–H groups in total. The van der Waals surface area contributed by atoms with Gasteiger partial charge in [0.25, 0.3) is 0 Å². The van der Waals surface area contributed by atoms with Gasteiger partial charge in [0.2, 0.25) is 0 Å². The van der Waals surface area contributed by atoms with Crippen molar-refractivity contribution >= 4 is 5.78 Å². The van der Waals surface area contributed by atoms with Crippen LogP contribution in [0.2, 0.25) is 0 Å². The van der Waals surface area contributed by atoms with Crippen LogP contribution in [0.4, 0.5) is 0 Å². The predicted octanol–water partition coefficient (Wildman–Crippen LogP) is 4.55. The van der Waals surface area contributed by atoms with E-state index in [-0.39, 0.29) is 5.92 Å². The summed E-state index contributed by atoms with van der Waals surface area (Å²) >= 11 is 0. The van der Waals surface area contributed by atoms with E-state index in [1.807, 2.05) is 0 Å². The summed E-state index contributed by atoms with van der Waals surface area (Å²) in [7, 11) is 0. The lowest BCUT2D eigenvalue weighted by molar-refractivity contribution is -0.122. The molecule has 2 nitrogen and oxygen atoms in total. The summed E-state index contributed by atoms with van der Waals surface area (Å²) in [6, 6.07) is 0. The van der Waals surface area contributed by atoms with E-state index in [1.165, 1.54) is 38.5 Å². The van der Waals surface area contributed by atoms with E-state index >= 15 is 0 Å². The van der Waals surface area contributed by atoms with Crippen LogP contribution in [0.1, 0.15) is 70.6 Å². The maximum absolute atomic E-state index is 12.7. The smallest absolute Gasteiger partial charge is 0.165 e. The molecule has 0 aromatic carbocycles. The van der Waals surface area contributed by atoms with Crippen LogP contribution in [-0.2, 0) is 4.79 Å². The molecule has 0 aliphatic heterocycles. The zero-order valence-electron chi connectivity index (χ0n) is 11.9. The average Bonchev–Trinajstić information content (AvgIpc) is 3.11. The van der Waals surface area contributed by atoms with Gasteiger partial charge in [0.05, 0.1) is 0 Å². The summed E-state index contributed by atoms with van der Waals surface area (Å²) in [5.74, 6) is 1.92. The quantitative estimate of drug-likeness (QED) is 0.585. The maximum atomic E-state index is 12.7. The molecule has 1 unspecified atom stereocenters. The zero-order chi connectivity index (χ0) is 13.2. The van der Waals surface area contributed by atoms with Gasteiger partial charge in [-0.2, -0.15) is 0 Å². The number of carbonyl (C=O) groups excluding carboxylic acids is 1. The third-order valence-corrected chi connectivity index (χ3v) is 5.60. The molecule has 3 aliphatic carbocycles. The Morgan fingerprint density at radius 3 is 2.21 bits per heavy atom. The molecule has 0 spiro atoms. The van der Waals surface area contributed by atoms with Gasteiger partial charge in [-0.15, -0.1) is 0 Å². The molecule has 0 saturated heterocycles. The van der Waals surface area contributed by atoms with E-state index in [4.69, 9.17) is 0 Å². The Kier molecular flexibility index (Phi) is 3.95. The molecule has 3 aliphatic rings. The van der Waals surface area contributed by atoms with Crippen molar-refractivity contribution < 1.29 is 9.90 Å². The van der Waals surface area contributed by atoms with Gasteiger partial charge in [0, 0.05) is 17.4 Å². The topological polar surface area (TPSA) is 37.3 Å². The van der Waals surface area contributed by atoms with Crippen molar-refractivity contribution in [3.05, 3.63) is 11.3 Å². The first-order valence-electron chi connectivity index (χ1n) is 8.23. The second-order valence-corrected chi connectivity index (χ2v) is 6.75. The summed E-state index contributed by atoms with van der Waals surface area (Å²) in [5, 5.41) is 10.5. The monoisotopic (exact) mass is 262 g/mol. The number of hydrogen-bond acceptors (Lipinski definition) is 2. The minimum atomic E-state index is 0.231. The minimum Gasteiger partial charge on any atom is -0.512 e. The summed E-state index contributed by atoms with van der Waals surface area (Å²) in [4.78, 5) is 12.7. The Bertz CT molecular complexity index is 371. The molecule has 0 bridgehead atoms. The van der Waals surface area contributed by atoms with Crippen LogP contribution in [0.25, 0.3) is 0 Å². The van der Waals surface area contributed by atoms with Crippen molar-refractivity contribution in [3.8, 4) is 0 Å². The average molecular weight is 262 g/mol. The molecular weight excluding hydrogens is 236 g/mol. The summed E-state index contributed by atoms with van der Waals surface area (Å²) in [5.41, 5.74) is 0.815. The lowest BCUT2D eigenvalue weighted by Crippen LogP contribution is -2.29. The highest BCUT2D eigenvalue weighted by Gasteiger charge is 2.37. The predicted molar refractivity (Wildman–Crippen MR) is 75.9 cm³/mol. The largest absolute Gasteiger partial charge is 0.512 e. The second-order valence-electron chi connectivity index (χ2n) is 6.75. The van der Waals surface area contributed by atoms with Gasteiger partial charge in [-0.25, -0.2) is 0 Å². The summed E-state index contributed by atoms with van der Waals surface area (Å²) in [6.45, 7) is 0. The number of aliphatic hydroxyl groups excluding tert-OH is 1. The van der Waals surface area contributed by atoms with E-state index in [2.05, 4.69) is 0 Å². The molecule has 0 radical (unpaired) electrons. The first-order valence-corrected chi connectivity index (χ1v) is 8.23. The first-order chi connectivity index (χ1) is 9.27. The van der Waals surface area contributed by atoms with Gasteiger partial charge in [-0.1, -0.05) is 25.7 Å². The van der Waals surface area contributed by atoms with Crippen LogP contribution in [0, 0.1) is 17.8 Å². The fourth-order valence-corrected chi connectivity index (χ4v) is 4.49. The molecule has 106 valence electrons. The van der Waals surface area contributed by atoms with Gasteiger partial charge in [-0.05, 0) is 50.9 Å². The van der Waals surface area contributed by atoms with Gasteiger partial charge >= 0.3 is 0 Å². The van der Waals surface area contributed by atoms with Crippen molar-refractivity contribution in [3.63, 3.8) is 0 Å². The first kappa shape index (κ1) is 13.2. The molecule has 3 rings (SSSR count). The maximum Gasteiger partial charge on any atom is 0.165 e. The molecule has 0 aromatic heterocycles. The highest BCUT2D eigenvalue weighted by atomic mass is 16.3. The normalized spacial score (nSPS) is 33.1. The molecule has 2 heteroatoms. The number of allylic oxidation sites excluding steroid dienone is 2. The molecule has 19 heavy (non-hydrogen) atoms. The van der Waals surface area contributed by atoms with Crippen LogP contribution in [0.15, 0.2) is 11.3 Å². The molecule has 0 heterocycles. The number of hydrogen-bond donors (Lipinski definition) is 1. The van der Waals surface area contributed by atoms with Crippen LogP contribution in [-0.4, -0.2) is 10.9 Å². The number of ketones is 1. The minimum absolute atomic E-state index is 0.231. The van der Waals surface area contributed by atoms with Crippen LogP contribution < -0.4 is 0 Å². The lowest BCUT2D eigenvalue weighted by atomic mass is 9.75. The highest BCUT2D eigenvalue weighted by Crippen LogP contribution is 2.41. The van der Waals surface area contributed by atoms with Gasteiger partial charge < -0.3 is 5.11 Å². The van der Waals surface area contributed by atoms with Gasteiger partial charge in [0.15, 0.2) is 5.78 Å². The van der Waals surface area contributed by atoms with Gasteiger partial charge in [-0.3, -0.25) is 4.79 Å². The molecule has 0 aromatic rings. The third kappa shape index (κ3) is 2.59. The van der Waals surface area contributed by atoms with Crippen LogP contribution in [0.5, 0.6) is 0 Å². The van der Waals surface area contributed by atoms with Crippen molar-refractivity contribution in [2.24, 2.45) is 17.8 Å².